The average molecular weight is 225 g/mol. The largest absolute Gasteiger partial charge is 0.447 e. The number of halogens is 1. The highest BCUT2D eigenvalue weighted by Crippen LogP contribution is 2.25. The number of hydrogen-bond acceptors (Lipinski definition) is 1. The highest BCUT2D eigenvalue weighted by Gasteiger charge is 2.15. The van der Waals surface area contributed by atoms with E-state index < -0.39 is 6.92 Å². The molecule has 0 aliphatic heterocycles. The van der Waals surface area contributed by atoms with Crippen molar-refractivity contribution in [3.8, 4) is 0 Å². The van der Waals surface area contributed by atoms with E-state index in [0.29, 0.717) is 0 Å². The highest BCUT2D eigenvalue weighted by atomic mass is 35.5. The zero-order valence-corrected chi connectivity index (χ0v) is 10.6. The van der Waals surface area contributed by atoms with Crippen molar-refractivity contribution in [2.45, 2.75) is 34.0 Å². The Morgan fingerprint density at radius 2 is 1.93 bits per heavy atom. The summed E-state index contributed by atoms with van der Waals surface area (Å²) in [4.78, 5) is 0. The summed E-state index contributed by atoms with van der Waals surface area (Å²) < 4.78 is 0. The summed E-state index contributed by atoms with van der Waals surface area (Å²) in [5.74, 6) is 0. The fourth-order valence-corrected chi connectivity index (χ4v) is 1.79. The van der Waals surface area contributed by atoms with Crippen molar-refractivity contribution in [1.82, 2.24) is 0 Å². The van der Waals surface area contributed by atoms with Gasteiger partial charge in [0.15, 0.2) is 0 Å². The smallest absolute Gasteiger partial charge is 0.320 e. The Bertz CT molecular complexity index is 342. The maximum absolute atomic E-state index is 9.41. The maximum atomic E-state index is 9.41. The lowest BCUT2D eigenvalue weighted by atomic mass is 9.64. The molecule has 15 heavy (non-hydrogen) atoms. The lowest BCUT2D eigenvalue weighted by molar-refractivity contribution is 0.411. The molecule has 0 heterocycles. The monoisotopic (exact) mass is 224 g/mol. The summed E-state index contributed by atoms with van der Waals surface area (Å²) in [6.07, 6.45) is 0.950. The summed E-state index contributed by atoms with van der Waals surface area (Å²) >= 11 is 6.17. The normalized spacial score (nSPS) is 11.6. The first-order valence-electron chi connectivity index (χ1n) is 5.26. The Morgan fingerprint density at radius 1 is 1.33 bits per heavy atom. The molecule has 0 atom stereocenters. The van der Waals surface area contributed by atoms with E-state index in [1.807, 2.05) is 18.2 Å². The first kappa shape index (κ1) is 12.6. The minimum absolute atomic E-state index is 0.232. The quantitative estimate of drug-likeness (QED) is 0.766. The molecule has 0 aromatic heterocycles. The van der Waals surface area contributed by atoms with Crippen LogP contribution >= 0.6 is 11.6 Å². The van der Waals surface area contributed by atoms with Gasteiger partial charge in [0.2, 0.25) is 0 Å². The molecule has 0 bridgehead atoms. The number of benzene rings is 1. The molecule has 0 saturated heterocycles. The van der Waals surface area contributed by atoms with Gasteiger partial charge in [0.05, 0.1) is 0 Å². The molecule has 1 rings (SSSR count). The predicted octanol–water partition coefficient (Wildman–Crippen LogP) is 2.75. The maximum Gasteiger partial charge on any atom is 0.320 e. The topological polar surface area (TPSA) is 20.2 Å². The third-order valence-electron chi connectivity index (χ3n) is 2.28. The first-order chi connectivity index (χ1) is 6.79. The second-order valence-corrected chi connectivity index (χ2v) is 5.67. The Kier molecular flexibility index (Phi) is 3.85. The van der Waals surface area contributed by atoms with Crippen LogP contribution in [-0.2, 0) is 6.42 Å². The lowest BCUT2D eigenvalue weighted by Gasteiger charge is -2.19. The van der Waals surface area contributed by atoms with Gasteiger partial charge in [0, 0.05) is 5.02 Å². The molecule has 0 aliphatic rings. The van der Waals surface area contributed by atoms with Gasteiger partial charge in [-0.1, -0.05) is 51.3 Å². The molecular weight excluding hydrogens is 206 g/mol. The standard InChI is InChI=1S/C12H18BClO/c1-12(2,3)8-9-5-6-10(13(4)15)7-11(9)14/h5-7,15H,8H2,1-4H3. The molecular formula is C12H18BClO. The van der Waals surface area contributed by atoms with Gasteiger partial charge in [0.25, 0.3) is 0 Å². The predicted molar refractivity (Wildman–Crippen MR) is 68.1 cm³/mol. The minimum atomic E-state index is -0.453. The van der Waals surface area contributed by atoms with Crippen LogP contribution in [0.2, 0.25) is 11.8 Å². The van der Waals surface area contributed by atoms with Crippen molar-refractivity contribution in [3.63, 3.8) is 0 Å². The zero-order chi connectivity index (χ0) is 11.6. The van der Waals surface area contributed by atoms with Crippen molar-refractivity contribution in [3.05, 3.63) is 28.8 Å². The Hall–Kier alpha value is -0.465. The molecule has 1 nitrogen and oxygen atoms in total. The third kappa shape index (κ3) is 3.88. The Labute approximate surface area is 97.6 Å². The van der Waals surface area contributed by atoms with Crippen LogP contribution in [0.5, 0.6) is 0 Å². The van der Waals surface area contributed by atoms with Crippen molar-refractivity contribution < 1.29 is 5.02 Å². The van der Waals surface area contributed by atoms with Crippen molar-refractivity contribution in [2.75, 3.05) is 0 Å². The summed E-state index contributed by atoms with van der Waals surface area (Å²) in [7, 11) is 0. The van der Waals surface area contributed by atoms with E-state index >= 15 is 0 Å². The molecule has 1 aromatic carbocycles. The summed E-state index contributed by atoms with van der Waals surface area (Å²) in [6.45, 7) is 7.85. The fraction of sp³-hybridized carbons (Fsp3) is 0.500. The molecule has 0 amide bonds. The van der Waals surface area contributed by atoms with Crippen LogP contribution in [0.15, 0.2) is 18.2 Å². The molecule has 1 N–H and O–H groups in total. The van der Waals surface area contributed by atoms with Gasteiger partial charge >= 0.3 is 6.92 Å². The van der Waals surface area contributed by atoms with Crippen LogP contribution in [-0.4, -0.2) is 11.9 Å². The SMILES string of the molecule is CB(O)c1ccc(CC(C)(C)C)c(Cl)c1. The second kappa shape index (κ2) is 4.59. The van der Waals surface area contributed by atoms with Crippen molar-refractivity contribution >= 4 is 24.0 Å². The zero-order valence-electron chi connectivity index (χ0n) is 9.84. The summed E-state index contributed by atoms with van der Waals surface area (Å²) in [5, 5.41) is 10.2. The van der Waals surface area contributed by atoms with Crippen LogP contribution < -0.4 is 5.46 Å². The lowest BCUT2D eigenvalue weighted by Crippen LogP contribution is -2.26. The molecule has 0 unspecified atom stereocenters. The van der Waals surface area contributed by atoms with Crippen LogP contribution in [0, 0.1) is 5.41 Å². The van der Waals surface area contributed by atoms with Gasteiger partial charge < -0.3 is 5.02 Å². The molecule has 3 heteroatoms. The van der Waals surface area contributed by atoms with Crippen LogP contribution in [0.25, 0.3) is 0 Å². The Balaban J connectivity index is 2.94. The molecule has 82 valence electrons. The van der Waals surface area contributed by atoms with E-state index in [2.05, 4.69) is 20.8 Å². The van der Waals surface area contributed by atoms with E-state index in [-0.39, 0.29) is 5.41 Å². The average Bonchev–Trinajstić information content (AvgIpc) is 2.05. The van der Waals surface area contributed by atoms with Crippen molar-refractivity contribution in [1.29, 1.82) is 0 Å². The highest BCUT2D eigenvalue weighted by molar-refractivity contribution is 6.65. The van der Waals surface area contributed by atoms with Gasteiger partial charge in [0.1, 0.15) is 0 Å². The van der Waals surface area contributed by atoms with Crippen molar-refractivity contribution in [2.24, 2.45) is 5.41 Å². The van der Waals surface area contributed by atoms with Gasteiger partial charge in [-0.3, -0.25) is 0 Å². The third-order valence-corrected chi connectivity index (χ3v) is 2.63. The molecule has 0 spiro atoms. The van der Waals surface area contributed by atoms with E-state index in [1.54, 1.807) is 6.82 Å². The van der Waals surface area contributed by atoms with E-state index in [1.165, 1.54) is 0 Å². The summed E-state index contributed by atoms with van der Waals surface area (Å²) in [6, 6.07) is 5.81. The minimum Gasteiger partial charge on any atom is -0.447 e. The summed E-state index contributed by atoms with van der Waals surface area (Å²) in [5.41, 5.74) is 2.25. The van der Waals surface area contributed by atoms with E-state index in [9.17, 15) is 5.02 Å². The van der Waals surface area contributed by atoms with Crippen LogP contribution in [0.1, 0.15) is 26.3 Å². The molecule has 0 radical (unpaired) electrons. The van der Waals surface area contributed by atoms with Gasteiger partial charge in [-0.15, -0.1) is 0 Å². The number of rotatable bonds is 2. The first-order valence-corrected chi connectivity index (χ1v) is 5.64. The Morgan fingerprint density at radius 3 is 2.33 bits per heavy atom. The van der Waals surface area contributed by atoms with Gasteiger partial charge in [-0.25, -0.2) is 0 Å². The van der Waals surface area contributed by atoms with Crippen LogP contribution in [0.4, 0.5) is 0 Å². The molecule has 0 fully saturated rings. The molecule has 0 aliphatic carbocycles. The molecule has 0 saturated carbocycles. The van der Waals surface area contributed by atoms with E-state index in [0.717, 1.165) is 22.5 Å². The molecule has 1 aromatic rings. The van der Waals surface area contributed by atoms with E-state index in [4.69, 9.17) is 11.6 Å². The van der Waals surface area contributed by atoms with Gasteiger partial charge in [-0.2, -0.15) is 0 Å². The van der Waals surface area contributed by atoms with Gasteiger partial charge in [-0.05, 0) is 28.9 Å². The van der Waals surface area contributed by atoms with Crippen LogP contribution in [0.3, 0.4) is 0 Å². The fourth-order valence-electron chi connectivity index (χ4n) is 1.54. The second-order valence-electron chi connectivity index (χ2n) is 5.26. The number of hydrogen-bond donors (Lipinski definition) is 1.